The van der Waals surface area contributed by atoms with Crippen molar-refractivity contribution in [3.8, 4) is 0 Å². The lowest BCUT2D eigenvalue weighted by Gasteiger charge is -2.15. The van der Waals surface area contributed by atoms with Crippen molar-refractivity contribution in [2.75, 3.05) is 11.9 Å². The van der Waals surface area contributed by atoms with Gasteiger partial charge in [0.2, 0.25) is 5.91 Å². The fraction of sp³-hybridized carbons (Fsp3) is 0.273. The molecule has 6 heteroatoms. The zero-order valence-electron chi connectivity index (χ0n) is 16.0. The predicted molar refractivity (Wildman–Crippen MR) is 112 cm³/mol. The Kier molecular flexibility index (Phi) is 6.36. The molecule has 1 atom stereocenters. The molecule has 1 heterocycles. The molecule has 0 unspecified atom stereocenters. The Balaban J connectivity index is 1.95. The first-order chi connectivity index (χ1) is 13.5. The molecule has 1 aromatic heterocycles. The molecule has 0 fully saturated rings. The number of nitrogens with zero attached hydrogens (tertiary/aromatic N) is 1. The van der Waals surface area contributed by atoms with E-state index in [9.17, 15) is 9.90 Å². The lowest BCUT2D eigenvalue weighted by molar-refractivity contribution is -0.117. The lowest BCUT2D eigenvalue weighted by atomic mass is 9.98. The van der Waals surface area contributed by atoms with Gasteiger partial charge in [0.1, 0.15) is 0 Å². The summed E-state index contributed by atoms with van der Waals surface area (Å²) in [5.74, 6) is -0.243. The smallest absolute Gasteiger partial charge is 0.241 e. The van der Waals surface area contributed by atoms with Crippen LogP contribution >= 0.6 is 0 Å². The van der Waals surface area contributed by atoms with Crippen LogP contribution in [-0.4, -0.2) is 28.6 Å². The number of rotatable bonds is 7. The van der Waals surface area contributed by atoms with Crippen LogP contribution in [0.4, 0.5) is 5.69 Å². The lowest BCUT2D eigenvalue weighted by Crippen LogP contribution is -2.37. The molecule has 3 rings (SSSR count). The van der Waals surface area contributed by atoms with Gasteiger partial charge in [-0.3, -0.25) is 9.78 Å². The van der Waals surface area contributed by atoms with Crippen molar-refractivity contribution in [3.05, 3.63) is 70.9 Å². The monoisotopic (exact) mass is 378 g/mol. The quantitative estimate of drug-likeness (QED) is 0.503. The highest BCUT2D eigenvalue weighted by molar-refractivity contribution is 5.95. The van der Waals surface area contributed by atoms with E-state index in [1.807, 2.05) is 55.5 Å². The van der Waals surface area contributed by atoms with Gasteiger partial charge in [0.25, 0.3) is 0 Å². The third-order valence-electron chi connectivity index (χ3n) is 4.78. The highest BCUT2D eigenvalue weighted by Gasteiger charge is 2.15. The van der Waals surface area contributed by atoms with Gasteiger partial charge in [0, 0.05) is 23.2 Å². The van der Waals surface area contributed by atoms with Gasteiger partial charge >= 0.3 is 0 Å². The number of amides is 1. The van der Waals surface area contributed by atoms with Gasteiger partial charge in [-0.25, -0.2) is 0 Å². The van der Waals surface area contributed by atoms with E-state index in [0.29, 0.717) is 19.4 Å². The zero-order chi connectivity index (χ0) is 20.1. The molecule has 3 aromatic rings. The van der Waals surface area contributed by atoms with Crippen LogP contribution in [0.1, 0.15) is 28.8 Å². The Morgan fingerprint density at radius 1 is 1.14 bits per heavy atom. The summed E-state index contributed by atoms with van der Waals surface area (Å²) in [6.07, 6.45) is 1.03. The molecular formula is C22H26N4O2. The van der Waals surface area contributed by atoms with Crippen LogP contribution < -0.4 is 16.8 Å². The molecule has 2 aromatic carbocycles. The Hall–Kier alpha value is -2.80. The molecular weight excluding hydrogens is 352 g/mol. The van der Waals surface area contributed by atoms with E-state index in [0.717, 1.165) is 39.0 Å². The van der Waals surface area contributed by atoms with Gasteiger partial charge in [-0.2, -0.15) is 0 Å². The summed E-state index contributed by atoms with van der Waals surface area (Å²) in [4.78, 5) is 17.0. The molecule has 0 aliphatic rings. The Morgan fingerprint density at radius 3 is 2.64 bits per heavy atom. The van der Waals surface area contributed by atoms with Gasteiger partial charge in [-0.05, 0) is 48.7 Å². The van der Waals surface area contributed by atoms with Gasteiger partial charge in [0.05, 0.1) is 18.2 Å². The second-order valence-corrected chi connectivity index (χ2v) is 6.90. The SMILES string of the molecule is Cc1cc(CO)c2cccc(Cc3ccccc3NC(=O)[C@@H](N)CCN)c2n1. The number of aliphatic hydroxyl groups is 1. The molecule has 0 saturated heterocycles. The highest BCUT2D eigenvalue weighted by atomic mass is 16.3. The summed E-state index contributed by atoms with van der Waals surface area (Å²) in [7, 11) is 0. The van der Waals surface area contributed by atoms with Crippen LogP contribution in [0.3, 0.4) is 0 Å². The van der Waals surface area contributed by atoms with Crippen molar-refractivity contribution >= 4 is 22.5 Å². The van der Waals surface area contributed by atoms with Crippen LogP contribution in [0.15, 0.2) is 48.5 Å². The first-order valence-electron chi connectivity index (χ1n) is 9.37. The standard InChI is InChI=1S/C22H26N4O2/c1-14-11-17(13-27)18-7-4-6-16(21(18)25-14)12-15-5-2-3-8-20(15)26-22(28)19(24)9-10-23/h2-8,11,19,27H,9-10,12-13,23-24H2,1H3,(H,26,28)/t19-/m0/s1. The second-order valence-electron chi connectivity index (χ2n) is 6.90. The number of fused-ring (bicyclic) bond motifs is 1. The van der Waals surface area contributed by atoms with Crippen LogP contribution in [0.2, 0.25) is 0 Å². The molecule has 6 N–H and O–H groups in total. The zero-order valence-corrected chi connectivity index (χ0v) is 16.0. The molecule has 0 spiro atoms. The minimum atomic E-state index is -0.632. The molecule has 0 aliphatic carbocycles. The topological polar surface area (TPSA) is 114 Å². The first-order valence-corrected chi connectivity index (χ1v) is 9.37. The number of nitrogens with one attached hydrogen (secondary N) is 1. The molecule has 146 valence electrons. The first kappa shape index (κ1) is 19.9. The predicted octanol–water partition coefficient (Wildman–Crippen LogP) is 2.24. The fourth-order valence-corrected chi connectivity index (χ4v) is 3.33. The second kappa shape index (κ2) is 8.93. The molecule has 0 saturated carbocycles. The minimum Gasteiger partial charge on any atom is -0.392 e. The Morgan fingerprint density at radius 2 is 1.89 bits per heavy atom. The number of aryl methyl sites for hydroxylation is 1. The summed E-state index contributed by atoms with van der Waals surface area (Å²) in [6.45, 7) is 2.25. The minimum absolute atomic E-state index is 0.0327. The van der Waals surface area contributed by atoms with E-state index in [1.54, 1.807) is 0 Å². The van der Waals surface area contributed by atoms with E-state index in [4.69, 9.17) is 16.5 Å². The maximum atomic E-state index is 12.3. The number of hydrogen-bond acceptors (Lipinski definition) is 5. The summed E-state index contributed by atoms with van der Waals surface area (Å²) in [5.41, 5.74) is 16.7. The van der Waals surface area contributed by atoms with E-state index >= 15 is 0 Å². The van der Waals surface area contributed by atoms with E-state index in [-0.39, 0.29) is 12.5 Å². The van der Waals surface area contributed by atoms with Crippen molar-refractivity contribution in [2.45, 2.75) is 32.4 Å². The molecule has 6 nitrogen and oxygen atoms in total. The number of nitrogens with two attached hydrogens (primary N) is 2. The van der Waals surface area contributed by atoms with E-state index in [2.05, 4.69) is 5.32 Å². The van der Waals surface area contributed by atoms with Crippen molar-refractivity contribution in [2.24, 2.45) is 11.5 Å². The largest absolute Gasteiger partial charge is 0.392 e. The molecule has 0 aliphatic heterocycles. The summed E-state index contributed by atoms with van der Waals surface area (Å²) in [5, 5.41) is 13.5. The number of aromatic nitrogens is 1. The number of benzene rings is 2. The van der Waals surface area contributed by atoms with Crippen LogP contribution in [0.25, 0.3) is 10.9 Å². The van der Waals surface area contributed by atoms with Crippen LogP contribution in [-0.2, 0) is 17.8 Å². The summed E-state index contributed by atoms with van der Waals surface area (Å²) in [6, 6.07) is 14.9. The number of carbonyl (C=O) groups excluding carboxylic acids is 1. The average molecular weight is 378 g/mol. The van der Waals surface area contributed by atoms with Crippen molar-refractivity contribution < 1.29 is 9.90 Å². The Labute approximate surface area is 164 Å². The Bertz CT molecular complexity index is 987. The van der Waals surface area contributed by atoms with E-state index in [1.165, 1.54) is 0 Å². The van der Waals surface area contributed by atoms with Crippen LogP contribution in [0.5, 0.6) is 0 Å². The van der Waals surface area contributed by atoms with Gasteiger partial charge in [0.15, 0.2) is 0 Å². The van der Waals surface area contributed by atoms with Crippen molar-refractivity contribution in [1.82, 2.24) is 4.98 Å². The van der Waals surface area contributed by atoms with Crippen molar-refractivity contribution in [3.63, 3.8) is 0 Å². The van der Waals surface area contributed by atoms with Crippen molar-refractivity contribution in [1.29, 1.82) is 0 Å². The highest BCUT2D eigenvalue weighted by Crippen LogP contribution is 2.26. The third kappa shape index (κ3) is 4.36. The number of carbonyl (C=O) groups is 1. The normalized spacial score (nSPS) is 12.1. The maximum absolute atomic E-state index is 12.3. The molecule has 0 radical (unpaired) electrons. The average Bonchev–Trinajstić information content (AvgIpc) is 2.69. The number of aliphatic hydroxyl groups excluding tert-OH is 1. The molecule has 28 heavy (non-hydrogen) atoms. The number of para-hydroxylation sites is 2. The summed E-state index contributed by atoms with van der Waals surface area (Å²) < 4.78 is 0. The maximum Gasteiger partial charge on any atom is 0.241 e. The van der Waals surface area contributed by atoms with Gasteiger partial charge in [-0.15, -0.1) is 0 Å². The fourth-order valence-electron chi connectivity index (χ4n) is 3.33. The molecule has 0 bridgehead atoms. The van der Waals surface area contributed by atoms with E-state index < -0.39 is 6.04 Å². The van der Waals surface area contributed by atoms with Crippen LogP contribution in [0, 0.1) is 6.92 Å². The van der Waals surface area contributed by atoms with Gasteiger partial charge in [-0.1, -0.05) is 36.4 Å². The van der Waals surface area contributed by atoms with Gasteiger partial charge < -0.3 is 21.9 Å². The third-order valence-corrected chi connectivity index (χ3v) is 4.78. The summed E-state index contributed by atoms with van der Waals surface area (Å²) >= 11 is 0. The molecule has 1 amide bonds. The number of pyridine rings is 1. The number of anilines is 1. The number of hydrogen-bond donors (Lipinski definition) is 4.